The SMILES string of the molecule is COc1cc2[nH]ncc2cc1Nc1cc(Nc2cc(Cl)ccn2)ncn1. The summed E-state index contributed by atoms with van der Waals surface area (Å²) in [4.78, 5) is 12.6. The van der Waals surface area contributed by atoms with Crippen molar-refractivity contribution in [2.45, 2.75) is 0 Å². The molecule has 0 aliphatic carbocycles. The number of hydrogen-bond acceptors (Lipinski definition) is 7. The van der Waals surface area contributed by atoms with Crippen LogP contribution in [0.3, 0.4) is 0 Å². The summed E-state index contributed by atoms with van der Waals surface area (Å²) in [5.74, 6) is 2.46. The Balaban J connectivity index is 1.61. The van der Waals surface area contributed by atoms with Gasteiger partial charge in [-0.1, -0.05) is 11.6 Å². The van der Waals surface area contributed by atoms with Crippen LogP contribution in [0.4, 0.5) is 23.1 Å². The molecule has 0 fully saturated rings. The lowest BCUT2D eigenvalue weighted by atomic mass is 10.2. The summed E-state index contributed by atoms with van der Waals surface area (Å²) >= 11 is 5.97. The Labute approximate surface area is 153 Å². The highest BCUT2D eigenvalue weighted by Gasteiger charge is 2.09. The molecule has 3 heterocycles. The second-order valence-corrected chi connectivity index (χ2v) is 5.84. The number of pyridine rings is 1. The molecule has 4 aromatic rings. The van der Waals surface area contributed by atoms with Crippen molar-refractivity contribution in [3.8, 4) is 5.75 Å². The zero-order valence-corrected chi connectivity index (χ0v) is 14.4. The first-order valence-electron chi connectivity index (χ1n) is 7.70. The minimum atomic E-state index is 0.584. The molecule has 0 amide bonds. The largest absolute Gasteiger partial charge is 0.494 e. The number of ether oxygens (including phenoxy) is 1. The van der Waals surface area contributed by atoms with Crippen LogP contribution in [0.25, 0.3) is 10.9 Å². The van der Waals surface area contributed by atoms with Gasteiger partial charge in [-0.15, -0.1) is 0 Å². The number of methoxy groups -OCH3 is 1. The number of benzene rings is 1. The number of anilines is 4. The molecule has 0 unspecified atom stereocenters. The summed E-state index contributed by atoms with van der Waals surface area (Å²) in [6.07, 6.45) is 4.83. The molecule has 0 spiro atoms. The summed E-state index contributed by atoms with van der Waals surface area (Å²) in [6, 6.07) is 9.00. The van der Waals surface area contributed by atoms with Crippen LogP contribution in [0.5, 0.6) is 5.75 Å². The normalized spacial score (nSPS) is 10.7. The fraction of sp³-hybridized carbons (Fsp3) is 0.0588. The Hall–Kier alpha value is -3.39. The summed E-state index contributed by atoms with van der Waals surface area (Å²) in [6.45, 7) is 0. The molecular weight excluding hydrogens is 354 g/mol. The van der Waals surface area contributed by atoms with E-state index in [1.165, 1.54) is 6.33 Å². The number of aromatic nitrogens is 5. The number of aromatic amines is 1. The minimum Gasteiger partial charge on any atom is -0.494 e. The molecule has 3 aromatic heterocycles. The predicted octanol–water partition coefficient (Wildman–Crippen LogP) is 3.90. The first kappa shape index (κ1) is 16.1. The van der Waals surface area contributed by atoms with Crippen LogP contribution in [0.2, 0.25) is 5.02 Å². The highest BCUT2D eigenvalue weighted by atomic mass is 35.5. The van der Waals surface area contributed by atoms with Gasteiger partial charge >= 0.3 is 0 Å². The van der Waals surface area contributed by atoms with E-state index in [9.17, 15) is 0 Å². The van der Waals surface area contributed by atoms with Crippen molar-refractivity contribution in [1.29, 1.82) is 0 Å². The van der Waals surface area contributed by atoms with Gasteiger partial charge in [0.2, 0.25) is 0 Å². The number of nitrogens with zero attached hydrogens (tertiary/aromatic N) is 4. The zero-order chi connectivity index (χ0) is 17.9. The van der Waals surface area contributed by atoms with E-state index in [1.54, 1.807) is 37.7 Å². The van der Waals surface area contributed by atoms with E-state index < -0.39 is 0 Å². The van der Waals surface area contributed by atoms with Gasteiger partial charge in [-0.05, 0) is 18.2 Å². The monoisotopic (exact) mass is 367 g/mol. The van der Waals surface area contributed by atoms with Gasteiger partial charge in [-0.2, -0.15) is 5.10 Å². The van der Waals surface area contributed by atoms with E-state index in [0.29, 0.717) is 28.2 Å². The summed E-state index contributed by atoms with van der Waals surface area (Å²) in [5.41, 5.74) is 1.66. The van der Waals surface area contributed by atoms with Crippen LogP contribution in [0.15, 0.2) is 49.1 Å². The zero-order valence-electron chi connectivity index (χ0n) is 13.7. The van der Waals surface area contributed by atoms with Crippen molar-refractivity contribution in [2.24, 2.45) is 0 Å². The van der Waals surface area contributed by atoms with Gasteiger partial charge in [0.1, 0.15) is 29.5 Å². The van der Waals surface area contributed by atoms with Crippen molar-refractivity contribution in [1.82, 2.24) is 25.1 Å². The van der Waals surface area contributed by atoms with E-state index in [-0.39, 0.29) is 0 Å². The fourth-order valence-electron chi connectivity index (χ4n) is 2.47. The molecule has 4 rings (SSSR count). The molecule has 0 aliphatic heterocycles. The second kappa shape index (κ2) is 6.85. The van der Waals surface area contributed by atoms with E-state index in [1.807, 2.05) is 12.1 Å². The van der Waals surface area contributed by atoms with Gasteiger partial charge < -0.3 is 15.4 Å². The number of nitrogens with one attached hydrogen (secondary N) is 3. The Morgan fingerprint density at radius 3 is 2.62 bits per heavy atom. The van der Waals surface area contributed by atoms with Gasteiger partial charge in [0, 0.05) is 28.7 Å². The van der Waals surface area contributed by atoms with Crippen molar-refractivity contribution < 1.29 is 4.74 Å². The highest BCUT2D eigenvalue weighted by Crippen LogP contribution is 2.31. The molecule has 1 aromatic carbocycles. The topological polar surface area (TPSA) is 101 Å². The van der Waals surface area contributed by atoms with E-state index >= 15 is 0 Å². The third-order valence-corrected chi connectivity index (χ3v) is 3.90. The molecule has 0 saturated carbocycles. The van der Waals surface area contributed by atoms with Crippen molar-refractivity contribution in [3.63, 3.8) is 0 Å². The maximum Gasteiger partial charge on any atom is 0.144 e. The lowest BCUT2D eigenvalue weighted by Gasteiger charge is -2.12. The summed E-state index contributed by atoms with van der Waals surface area (Å²) < 4.78 is 5.44. The predicted molar refractivity (Wildman–Crippen MR) is 100 cm³/mol. The average Bonchev–Trinajstić information content (AvgIpc) is 3.08. The third-order valence-electron chi connectivity index (χ3n) is 3.67. The smallest absolute Gasteiger partial charge is 0.144 e. The molecule has 9 heteroatoms. The quantitative estimate of drug-likeness (QED) is 0.491. The maximum absolute atomic E-state index is 5.97. The molecule has 3 N–H and O–H groups in total. The standard InChI is InChI=1S/C17H14ClN7O/c1-26-14-6-12-10(8-22-25-12)4-13(14)23-16-7-17(21-9-20-16)24-15-5-11(18)2-3-19-15/h2-9H,1H3,(H,22,25)(H2,19,20,21,23,24). The Morgan fingerprint density at radius 2 is 1.81 bits per heavy atom. The Kier molecular flexibility index (Phi) is 4.24. The molecule has 26 heavy (non-hydrogen) atoms. The van der Waals surface area contributed by atoms with Crippen LogP contribution >= 0.6 is 11.6 Å². The molecule has 0 bridgehead atoms. The Morgan fingerprint density at radius 1 is 1.00 bits per heavy atom. The molecule has 8 nitrogen and oxygen atoms in total. The first-order chi connectivity index (χ1) is 12.7. The number of H-pyrrole nitrogens is 1. The van der Waals surface area contributed by atoms with Crippen LogP contribution in [-0.4, -0.2) is 32.3 Å². The number of halogens is 1. The summed E-state index contributed by atoms with van der Waals surface area (Å²) in [5, 5.41) is 14.8. The van der Waals surface area contributed by atoms with Crippen molar-refractivity contribution in [3.05, 3.63) is 54.1 Å². The minimum absolute atomic E-state index is 0.584. The summed E-state index contributed by atoms with van der Waals surface area (Å²) in [7, 11) is 1.61. The fourth-order valence-corrected chi connectivity index (χ4v) is 2.63. The molecule has 0 aliphatic rings. The lowest BCUT2D eigenvalue weighted by Crippen LogP contribution is -2.00. The van der Waals surface area contributed by atoms with Crippen molar-refractivity contribution in [2.75, 3.05) is 17.7 Å². The van der Waals surface area contributed by atoms with E-state index in [0.717, 1.165) is 16.6 Å². The number of rotatable bonds is 5. The lowest BCUT2D eigenvalue weighted by molar-refractivity contribution is 0.417. The van der Waals surface area contributed by atoms with Gasteiger partial charge in [0.25, 0.3) is 0 Å². The van der Waals surface area contributed by atoms with E-state index in [2.05, 4.69) is 35.8 Å². The highest BCUT2D eigenvalue weighted by molar-refractivity contribution is 6.30. The van der Waals surface area contributed by atoms with Crippen LogP contribution in [0.1, 0.15) is 0 Å². The molecule has 0 saturated heterocycles. The Bertz CT molecular complexity index is 1070. The van der Waals surface area contributed by atoms with Gasteiger partial charge in [0.05, 0.1) is 24.5 Å². The second-order valence-electron chi connectivity index (χ2n) is 5.41. The molecular formula is C17H14ClN7O. The van der Waals surface area contributed by atoms with Gasteiger partial charge in [-0.25, -0.2) is 15.0 Å². The van der Waals surface area contributed by atoms with Crippen LogP contribution in [0, 0.1) is 0 Å². The number of hydrogen-bond donors (Lipinski definition) is 3. The van der Waals surface area contributed by atoms with Crippen LogP contribution in [-0.2, 0) is 0 Å². The first-order valence-corrected chi connectivity index (χ1v) is 8.08. The van der Waals surface area contributed by atoms with E-state index in [4.69, 9.17) is 16.3 Å². The maximum atomic E-state index is 5.97. The van der Waals surface area contributed by atoms with Crippen LogP contribution < -0.4 is 15.4 Å². The van der Waals surface area contributed by atoms with Gasteiger partial charge in [0.15, 0.2) is 0 Å². The molecule has 0 radical (unpaired) electrons. The third kappa shape index (κ3) is 3.35. The molecule has 0 atom stereocenters. The number of fused-ring (bicyclic) bond motifs is 1. The average molecular weight is 368 g/mol. The van der Waals surface area contributed by atoms with Gasteiger partial charge in [-0.3, -0.25) is 5.10 Å². The van der Waals surface area contributed by atoms with Crippen molar-refractivity contribution >= 4 is 45.6 Å². The molecule has 130 valence electrons.